The van der Waals surface area contributed by atoms with Gasteiger partial charge in [-0.1, -0.05) is 6.92 Å². The molecule has 0 fully saturated rings. The zero-order valence-corrected chi connectivity index (χ0v) is 11.2. The van der Waals surface area contributed by atoms with Crippen molar-refractivity contribution in [3.05, 3.63) is 23.8 Å². The highest BCUT2D eigenvalue weighted by atomic mass is 16.5. The summed E-state index contributed by atoms with van der Waals surface area (Å²) in [6.07, 6.45) is 1.64. The lowest BCUT2D eigenvalue weighted by Crippen LogP contribution is -2.46. The Balaban J connectivity index is 2.33. The van der Waals surface area contributed by atoms with Gasteiger partial charge in [-0.15, -0.1) is 0 Å². The topological polar surface area (TPSA) is 53.7 Å². The first kappa shape index (κ1) is 13.2. The number of methoxy groups -OCH3 is 2. The van der Waals surface area contributed by atoms with E-state index in [1.54, 1.807) is 14.2 Å². The van der Waals surface area contributed by atoms with Crippen molar-refractivity contribution in [2.45, 2.75) is 31.4 Å². The molecule has 0 radical (unpaired) electrons. The van der Waals surface area contributed by atoms with Crippen LogP contribution in [0.15, 0.2) is 18.2 Å². The van der Waals surface area contributed by atoms with Crippen molar-refractivity contribution in [3.8, 4) is 11.5 Å². The molecule has 1 heterocycles. The maximum Gasteiger partial charge on any atom is 0.134 e. The van der Waals surface area contributed by atoms with Crippen LogP contribution in [0.5, 0.6) is 11.5 Å². The van der Waals surface area contributed by atoms with Crippen LogP contribution >= 0.6 is 0 Å². The molecular formula is C14H21NO3. The minimum absolute atomic E-state index is 0.0426. The van der Waals surface area contributed by atoms with Crippen LogP contribution in [0.2, 0.25) is 0 Å². The summed E-state index contributed by atoms with van der Waals surface area (Å²) in [5.74, 6) is 1.65. The molecule has 4 heteroatoms. The summed E-state index contributed by atoms with van der Waals surface area (Å²) in [5, 5.41) is 0. The fourth-order valence-corrected chi connectivity index (χ4v) is 2.49. The molecule has 0 aliphatic carbocycles. The third kappa shape index (κ3) is 2.31. The molecule has 0 saturated heterocycles. The van der Waals surface area contributed by atoms with E-state index >= 15 is 0 Å². The second-order valence-electron chi connectivity index (χ2n) is 4.79. The predicted molar refractivity (Wildman–Crippen MR) is 70.1 cm³/mol. The number of nitrogens with two attached hydrogens (primary N) is 1. The molecule has 100 valence electrons. The molecule has 1 aliphatic rings. The largest absolute Gasteiger partial charge is 0.497 e. The van der Waals surface area contributed by atoms with Gasteiger partial charge in [0.25, 0.3) is 0 Å². The third-order valence-corrected chi connectivity index (χ3v) is 3.59. The summed E-state index contributed by atoms with van der Waals surface area (Å²) in [6.45, 7) is 2.66. The van der Waals surface area contributed by atoms with Crippen LogP contribution in [0, 0.1) is 0 Å². The Morgan fingerprint density at radius 2 is 2.22 bits per heavy atom. The summed E-state index contributed by atoms with van der Waals surface area (Å²) >= 11 is 0. The maximum atomic E-state index is 6.26. The predicted octanol–water partition coefficient (Wildman–Crippen LogP) is 2.27. The van der Waals surface area contributed by atoms with Crippen LogP contribution < -0.4 is 15.2 Å². The normalized spacial score (nSPS) is 26.3. The number of rotatable bonds is 4. The summed E-state index contributed by atoms with van der Waals surface area (Å²) in [4.78, 5) is 0. The van der Waals surface area contributed by atoms with Gasteiger partial charge >= 0.3 is 0 Å². The van der Waals surface area contributed by atoms with Gasteiger partial charge in [0.05, 0.1) is 13.7 Å². The molecule has 1 unspecified atom stereocenters. The zero-order chi connectivity index (χ0) is 13.2. The van der Waals surface area contributed by atoms with Crippen molar-refractivity contribution in [3.63, 3.8) is 0 Å². The van der Waals surface area contributed by atoms with E-state index in [2.05, 4.69) is 6.92 Å². The van der Waals surface area contributed by atoms with E-state index in [1.165, 1.54) is 0 Å². The number of ether oxygens (including phenoxy) is 3. The van der Waals surface area contributed by atoms with Crippen molar-refractivity contribution >= 4 is 0 Å². The lowest BCUT2D eigenvalue weighted by atomic mass is 9.86. The molecule has 4 nitrogen and oxygen atoms in total. The van der Waals surface area contributed by atoms with Gasteiger partial charge in [-0.05, 0) is 24.6 Å². The molecular weight excluding hydrogens is 230 g/mol. The minimum Gasteiger partial charge on any atom is -0.497 e. The van der Waals surface area contributed by atoms with Gasteiger partial charge < -0.3 is 19.9 Å². The van der Waals surface area contributed by atoms with Crippen molar-refractivity contribution in [2.24, 2.45) is 5.73 Å². The number of fused-ring (bicyclic) bond motifs is 1. The van der Waals surface area contributed by atoms with Gasteiger partial charge in [0.1, 0.15) is 17.1 Å². The molecule has 2 atom stereocenters. The van der Waals surface area contributed by atoms with E-state index in [-0.39, 0.29) is 11.6 Å². The van der Waals surface area contributed by atoms with Crippen LogP contribution in [0.3, 0.4) is 0 Å². The van der Waals surface area contributed by atoms with E-state index in [0.29, 0.717) is 6.61 Å². The second-order valence-corrected chi connectivity index (χ2v) is 4.79. The third-order valence-electron chi connectivity index (χ3n) is 3.59. The van der Waals surface area contributed by atoms with Gasteiger partial charge in [0, 0.05) is 25.1 Å². The van der Waals surface area contributed by atoms with E-state index in [1.807, 2.05) is 18.2 Å². The fourth-order valence-electron chi connectivity index (χ4n) is 2.49. The molecule has 1 aromatic rings. The van der Waals surface area contributed by atoms with Crippen LogP contribution in [0.1, 0.15) is 31.4 Å². The van der Waals surface area contributed by atoms with Gasteiger partial charge in [-0.25, -0.2) is 0 Å². The number of hydrogen-bond acceptors (Lipinski definition) is 4. The van der Waals surface area contributed by atoms with E-state index in [9.17, 15) is 0 Å². The lowest BCUT2D eigenvalue weighted by molar-refractivity contribution is -0.0338. The van der Waals surface area contributed by atoms with E-state index < -0.39 is 0 Å². The van der Waals surface area contributed by atoms with Crippen molar-refractivity contribution in [1.29, 1.82) is 0 Å². The second kappa shape index (κ2) is 5.16. The first-order valence-electron chi connectivity index (χ1n) is 6.25. The summed E-state index contributed by atoms with van der Waals surface area (Å²) in [5.41, 5.74) is 6.96. The highest BCUT2D eigenvalue weighted by Gasteiger charge is 2.38. The van der Waals surface area contributed by atoms with Crippen molar-refractivity contribution in [1.82, 2.24) is 0 Å². The molecule has 0 amide bonds. The van der Waals surface area contributed by atoms with E-state index in [4.69, 9.17) is 19.9 Å². The highest BCUT2D eigenvalue weighted by Crippen LogP contribution is 2.41. The minimum atomic E-state index is -0.310. The highest BCUT2D eigenvalue weighted by molar-refractivity contribution is 5.44. The Morgan fingerprint density at radius 1 is 1.44 bits per heavy atom. The quantitative estimate of drug-likeness (QED) is 0.892. The average molecular weight is 251 g/mol. The Hall–Kier alpha value is -1.26. The Kier molecular flexibility index (Phi) is 3.78. The number of benzene rings is 1. The lowest BCUT2D eigenvalue weighted by Gasteiger charge is -2.40. The number of hydrogen-bond donors (Lipinski definition) is 1. The van der Waals surface area contributed by atoms with Crippen molar-refractivity contribution < 1.29 is 14.2 Å². The Morgan fingerprint density at radius 3 is 2.83 bits per heavy atom. The molecule has 2 rings (SSSR count). The molecule has 1 aliphatic heterocycles. The van der Waals surface area contributed by atoms with Gasteiger partial charge in [0.15, 0.2) is 0 Å². The molecule has 0 spiro atoms. The summed E-state index contributed by atoms with van der Waals surface area (Å²) < 4.78 is 16.6. The molecule has 2 N–H and O–H groups in total. The fraction of sp³-hybridized carbons (Fsp3) is 0.571. The molecule has 0 saturated carbocycles. The average Bonchev–Trinajstić information content (AvgIpc) is 2.39. The summed E-state index contributed by atoms with van der Waals surface area (Å²) in [6, 6.07) is 5.72. The first-order valence-corrected chi connectivity index (χ1v) is 6.25. The maximum absolute atomic E-state index is 6.26. The Labute approximate surface area is 108 Å². The molecule has 18 heavy (non-hydrogen) atoms. The van der Waals surface area contributed by atoms with Gasteiger partial charge in [-0.3, -0.25) is 0 Å². The van der Waals surface area contributed by atoms with Crippen LogP contribution in [0.25, 0.3) is 0 Å². The summed E-state index contributed by atoms with van der Waals surface area (Å²) in [7, 11) is 3.34. The van der Waals surface area contributed by atoms with E-state index in [0.717, 1.165) is 29.9 Å². The van der Waals surface area contributed by atoms with Crippen LogP contribution in [-0.4, -0.2) is 26.4 Å². The first-order chi connectivity index (χ1) is 8.64. The smallest absolute Gasteiger partial charge is 0.134 e. The molecule has 0 bridgehead atoms. The zero-order valence-electron chi connectivity index (χ0n) is 11.2. The standard InChI is InChI=1S/C14H21NO3/c1-4-14(9-16-2)8-12(15)11-7-10(17-3)5-6-13(11)18-14/h5-7,12H,4,8-9,15H2,1-3H3/t12-,14?/m0/s1. The molecule has 0 aromatic heterocycles. The molecule has 1 aromatic carbocycles. The SMILES string of the molecule is CCC1(COC)C[C@H](N)c2cc(OC)ccc2O1. The van der Waals surface area contributed by atoms with Crippen LogP contribution in [0.4, 0.5) is 0 Å². The van der Waals surface area contributed by atoms with Crippen molar-refractivity contribution in [2.75, 3.05) is 20.8 Å². The van der Waals surface area contributed by atoms with Gasteiger partial charge in [-0.2, -0.15) is 0 Å². The van der Waals surface area contributed by atoms with Gasteiger partial charge in [0.2, 0.25) is 0 Å². The van der Waals surface area contributed by atoms with Crippen LogP contribution in [-0.2, 0) is 4.74 Å². The monoisotopic (exact) mass is 251 g/mol. The Bertz CT molecular complexity index is 422.